The van der Waals surface area contributed by atoms with E-state index in [1.54, 1.807) is 0 Å². The average Bonchev–Trinajstić information content (AvgIpc) is 3.08. The first-order valence-corrected chi connectivity index (χ1v) is 11.2. The Balaban J connectivity index is 1.17. The maximum atomic E-state index is 12.7. The van der Waals surface area contributed by atoms with Gasteiger partial charge in [-0.25, -0.2) is 0 Å². The molecule has 0 radical (unpaired) electrons. The van der Waals surface area contributed by atoms with Crippen LogP contribution in [-0.4, -0.2) is 59.3 Å². The molecule has 0 aliphatic carbocycles. The van der Waals surface area contributed by atoms with E-state index in [0.29, 0.717) is 12.5 Å². The first-order chi connectivity index (χ1) is 14.6. The lowest BCUT2D eigenvalue weighted by Crippen LogP contribution is -2.44. The number of carbonyl (C=O) groups is 1. The minimum absolute atomic E-state index is 0.164. The van der Waals surface area contributed by atoms with Crippen molar-refractivity contribution in [1.29, 1.82) is 0 Å². The maximum absolute atomic E-state index is 12.7. The van der Waals surface area contributed by atoms with Gasteiger partial charge >= 0.3 is 0 Å². The Labute approximate surface area is 179 Å². The maximum Gasteiger partial charge on any atom is 0.227 e. The Morgan fingerprint density at radius 1 is 1.03 bits per heavy atom. The molecule has 2 aromatic rings. The molecule has 3 heterocycles. The third-order valence-electron chi connectivity index (χ3n) is 6.47. The highest BCUT2D eigenvalue weighted by Crippen LogP contribution is 2.23. The van der Waals surface area contributed by atoms with Crippen molar-refractivity contribution in [1.82, 2.24) is 15.0 Å². The Bertz CT molecular complexity index is 800. The molecule has 6 heteroatoms. The second-order valence-electron chi connectivity index (χ2n) is 8.66. The zero-order chi connectivity index (χ0) is 20.9. The molecule has 0 saturated carbocycles. The highest BCUT2D eigenvalue weighted by molar-refractivity contribution is 5.79. The molecule has 2 saturated heterocycles. The summed E-state index contributed by atoms with van der Waals surface area (Å²) in [7, 11) is 0. The largest absolute Gasteiger partial charge is 0.375 e. The van der Waals surface area contributed by atoms with Gasteiger partial charge in [0.15, 0.2) is 0 Å². The Morgan fingerprint density at radius 3 is 2.27 bits per heavy atom. The van der Waals surface area contributed by atoms with Crippen LogP contribution in [0.2, 0.25) is 0 Å². The molecule has 1 amide bonds. The number of likely N-dealkylation sites (tertiary alicyclic amines) is 2. The number of rotatable bonds is 6. The van der Waals surface area contributed by atoms with Gasteiger partial charge in [-0.3, -0.25) is 9.69 Å². The lowest BCUT2D eigenvalue weighted by Gasteiger charge is -2.37. The van der Waals surface area contributed by atoms with Crippen molar-refractivity contribution < 1.29 is 14.1 Å². The van der Waals surface area contributed by atoms with Gasteiger partial charge in [0.2, 0.25) is 5.91 Å². The minimum atomic E-state index is 0.164. The summed E-state index contributed by atoms with van der Waals surface area (Å²) in [6, 6.07) is 10.7. The number of piperidine rings is 2. The molecule has 0 spiro atoms. The summed E-state index contributed by atoms with van der Waals surface area (Å²) in [5.41, 5.74) is 3.13. The van der Waals surface area contributed by atoms with Crippen molar-refractivity contribution in [3.63, 3.8) is 0 Å². The lowest BCUT2D eigenvalue weighted by atomic mass is 10.0. The zero-order valence-corrected chi connectivity index (χ0v) is 18.2. The molecule has 2 aliphatic rings. The third kappa shape index (κ3) is 5.29. The smallest absolute Gasteiger partial charge is 0.227 e. The summed E-state index contributed by atoms with van der Waals surface area (Å²) in [5.74, 6) is 0.912. The number of carbonyl (C=O) groups excluding carboxylic acids is 1. The van der Waals surface area contributed by atoms with Gasteiger partial charge in [-0.15, -0.1) is 0 Å². The molecule has 4 rings (SSSR count). The molecule has 2 aliphatic heterocycles. The fraction of sp³-hybridized carbons (Fsp3) is 0.583. The quantitative estimate of drug-likeness (QED) is 0.728. The Morgan fingerprint density at radius 2 is 1.67 bits per heavy atom. The predicted octanol–water partition coefficient (Wildman–Crippen LogP) is 3.51. The van der Waals surface area contributed by atoms with Crippen LogP contribution in [-0.2, 0) is 22.5 Å². The average molecular weight is 412 g/mol. The van der Waals surface area contributed by atoms with Crippen molar-refractivity contribution >= 4 is 5.91 Å². The molecule has 0 unspecified atom stereocenters. The zero-order valence-electron chi connectivity index (χ0n) is 18.2. The van der Waals surface area contributed by atoms with E-state index in [1.165, 1.54) is 5.56 Å². The summed E-state index contributed by atoms with van der Waals surface area (Å²) in [4.78, 5) is 17.1. The summed E-state index contributed by atoms with van der Waals surface area (Å²) < 4.78 is 11.6. The van der Waals surface area contributed by atoms with Crippen molar-refractivity contribution in [3.8, 4) is 0 Å². The van der Waals surface area contributed by atoms with Crippen LogP contribution in [0.1, 0.15) is 48.3 Å². The topological polar surface area (TPSA) is 58.8 Å². The molecule has 30 heavy (non-hydrogen) atoms. The monoisotopic (exact) mass is 411 g/mol. The van der Waals surface area contributed by atoms with Crippen molar-refractivity contribution in [2.45, 2.75) is 64.7 Å². The van der Waals surface area contributed by atoms with E-state index in [2.05, 4.69) is 40.4 Å². The minimum Gasteiger partial charge on any atom is -0.375 e. The van der Waals surface area contributed by atoms with E-state index in [9.17, 15) is 4.79 Å². The molecule has 6 nitrogen and oxygen atoms in total. The van der Waals surface area contributed by atoms with Crippen LogP contribution in [0.3, 0.4) is 0 Å². The third-order valence-corrected chi connectivity index (χ3v) is 6.47. The van der Waals surface area contributed by atoms with Gasteiger partial charge in [0.05, 0.1) is 24.3 Å². The van der Waals surface area contributed by atoms with E-state index in [0.717, 1.165) is 75.4 Å². The van der Waals surface area contributed by atoms with Crippen molar-refractivity contribution in [3.05, 3.63) is 52.9 Å². The Hall–Kier alpha value is -2.18. The number of ether oxygens (including phenoxy) is 1. The van der Waals surface area contributed by atoms with E-state index in [1.807, 2.05) is 18.7 Å². The highest BCUT2D eigenvalue weighted by Gasteiger charge is 2.28. The first kappa shape index (κ1) is 21.1. The number of aromatic nitrogens is 1. The van der Waals surface area contributed by atoms with E-state index < -0.39 is 0 Å². The van der Waals surface area contributed by atoms with Gasteiger partial charge in [-0.1, -0.05) is 35.5 Å². The van der Waals surface area contributed by atoms with Crippen LogP contribution in [0.15, 0.2) is 34.9 Å². The van der Waals surface area contributed by atoms with Crippen LogP contribution in [0.4, 0.5) is 0 Å². The van der Waals surface area contributed by atoms with Crippen LogP contribution in [0.5, 0.6) is 0 Å². The molecule has 1 aromatic heterocycles. The van der Waals surface area contributed by atoms with Gasteiger partial charge in [0.25, 0.3) is 0 Å². The second-order valence-corrected chi connectivity index (χ2v) is 8.66. The van der Waals surface area contributed by atoms with E-state index in [-0.39, 0.29) is 12.0 Å². The van der Waals surface area contributed by atoms with Gasteiger partial charge in [-0.05, 0) is 45.1 Å². The molecule has 1 aromatic carbocycles. The molecular weight excluding hydrogens is 378 g/mol. The van der Waals surface area contributed by atoms with Crippen LogP contribution < -0.4 is 0 Å². The molecular formula is C24H33N3O3. The molecule has 0 atom stereocenters. The summed E-state index contributed by atoms with van der Waals surface area (Å²) in [5, 5.41) is 3.95. The number of benzene rings is 1. The number of hydrogen-bond acceptors (Lipinski definition) is 5. The summed E-state index contributed by atoms with van der Waals surface area (Å²) in [6.45, 7) is 8.53. The standard InChI is InChI=1S/C24H33N3O3/c1-18-23(19(2)30-25-18)16-24(28)27-14-10-22(11-15-27)29-21-8-12-26(13-9-21)17-20-6-4-3-5-7-20/h3-7,21-22H,8-17H2,1-2H3. The van der Waals surface area contributed by atoms with Crippen LogP contribution >= 0.6 is 0 Å². The SMILES string of the molecule is Cc1noc(C)c1CC(=O)N1CCC(OC2CCN(Cc3ccccc3)CC2)CC1. The van der Waals surface area contributed by atoms with Crippen LogP contribution in [0.25, 0.3) is 0 Å². The van der Waals surface area contributed by atoms with E-state index >= 15 is 0 Å². The highest BCUT2D eigenvalue weighted by atomic mass is 16.5. The lowest BCUT2D eigenvalue weighted by molar-refractivity contribution is -0.134. The number of aryl methyl sites for hydroxylation is 2. The fourth-order valence-corrected chi connectivity index (χ4v) is 4.58. The normalized spacial score (nSPS) is 19.3. The summed E-state index contributed by atoms with van der Waals surface area (Å²) in [6.07, 6.45) is 5.06. The molecule has 0 bridgehead atoms. The second kappa shape index (κ2) is 9.75. The van der Waals surface area contributed by atoms with Crippen molar-refractivity contribution in [2.24, 2.45) is 0 Å². The van der Waals surface area contributed by atoms with Crippen LogP contribution in [0, 0.1) is 13.8 Å². The number of hydrogen-bond donors (Lipinski definition) is 0. The van der Waals surface area contributed by atoms with Gasteiger partial charge in [-0.2, -0.15) is 0 Å². The Kier molecular flexibility index (Phi) is 6.85. The molecule has 162 valence electrons. The fourth-order valence-electron chi connectivity index (χ4n) is 4.58. The number of amides is 1. The van der Waals surface area contributed by atoms with E-state index in [4.69, 9.17) is 9.26 Å². The predicted molar refractivity (Wildman–Crippen MR) is 115 cm³/mol. The van der Waals surface area contributed by atoms with Gasteiger partial charge in [0, 0.05) is 38.3 Å². The first-order valence-electron chi connectivity index (χ1n) is 11.2. The van der Waals surface area contributed by atoms with Gasteiger partial charge in [0.1, 0.15) is 5.76 Å². The molecule has 2 fully saturated rings. The number of nitrogens with zero attached hydrogens (tertiary/aromatic N) is 3. The molecule has 0 N–H and O–H groups in total. The summed E-state index contributed by atoms with van der Waals surface area (Å²) >= 11 is 0. The van der Waals surface area contributed by atoms with Crippen molar-refractivity contribution in [2.75, 3.05) is 26.2 Å². The van der Waals surface area contributed by atoms with Gasteiger partial charge < -0.3 is 14.2 Å².